The summed E-state index contributed by atoms with van der Waals surface area (Å²) in [5, 5.41) is 1.58. The summed E-state index contributed by atoms with van der Waals surface area (Å²) in [6, 6.07) is -1.88. The second kappa shape index (κ2) is 4.61. The van der Waals surface area contributed by atoms with E-state index in [0.29, 0.717) is 0 Å². The van der Waals surface area contributed by atoms with Gasteiger partial charge in [-0.2, -0.15) is 0 Å². The molecule has 6 heteroatoms. The van der Waals surface area contributed by atoms with Crippen LogP contribution in [0.15, 0.2) is 0 Å². The van der Waals surface area contributed by atoms with Crippen LogP contribution in [-0.4, -0.2) is 12.1 Å². The van der Waals surface area contributed by atoms with E-state index in [1.165, 1.54) is 0 Å². The predicted molar refractivity (Wildman–Crippen MR) is 22.3 cm³/mol. The van der Waals surface area contributed by atoms with Crippen LogP contribution in [0.2, 0.25) is 0 Å². The molecule has 5 nitrogen and oxygen atoms in total. The first-order valence-corrected chi connectivity index (χ1v) is 1.49. The number of hydrogen-bond donors (Lipinski definition) is 3. The molecule has 0 atom stereocenters. The number of carbonyl (C=O) groups excluding carboxylic acids is 2. The first-order valence-electron chi connectivity index (χ1n) is 1.49. The molecule has 0 saturated heterocycles. The summed E-state index contributed by atoms with van der Waals surface area (Å²) >= 11 is 0. The van der Waals surface area contributed by atoms with Crippen LogP contribution in [0.5, 0.6) is 0 Å². The zero-order valence-corrected chi connectivity index (χ0v) is 5.53. The Kier molecular flexibility index (Phi) is 6.01. The summed E-state index contributed by atoms with van der Waals surface area (Å²) in [5.41, 5.74) is 8.88. The predicted octanol–water partition coefficient (Wildman–Crippen LogP) is -1.27. The molecule has 0 rings (SSSR count). The Hall–Kier alpha value is -0.546. The van der Waals surface area contributed by atoms with E-state index in [1.54, 1.807) is 5.32 Å². The van der Waals surface area contributed by atoms with Crippen LogP contribution < -0.4 is 16.8 Å². The van der Waals surface area contributed by atoms with Crippen molar-refractivity contribution < 1.29 is 31.3 Å². The molecular weight excluding hydrogens is 146 g/mol. The molecule has 4 amide bonds. The molecule has 0 aromatic rings. The first kappa shape index (κ1) is 10.4. The number of carbonyl (C=O) groups is 2. The zero-order chi connectivity index (χ0) is 5.86. The van der Waals surface area contributed by atoms with Crippen molar-refractivity contribution in [3.8, 4) is 0 Å². The van der Waals surface area contributed by atoms with Crippen LogP contribution >= 0.6 is 0 Å². The maximum Gasteiger partial charge on any atom is 0.320 e. The maximum atomic E-state index is 9.62. The molecule has 44 valence electrons. The van der Waals surface area contributed by atoms with Crippen LogP contribution in [0.1, 0.15) is 0 Å². The molecule has 0 unspecified atom stereocenters. The van der Waals surface area contributed by atoms with E-state index >= 15 is 0 Å². The Morgan fingerprint density at radius 1 is 1.12 bits per heavy atom. The summed E-state index contributed by atoms with van der Waals surface area (Å²) in [4.78, 5) is 19.2. The normalized spacial score (nSPS) is 6.50. The SMILES string of the molecule is NC(=O)NC(N)=O.[Ti]. The maximum absolute atomic E-state index is 9.62. The van der Waals surface area contributed by atoms with Crippen molar-refractivity contribution in [2.24, 2.45) is 11.5 Å². The van der Waals surface area contributed by atoms with Gasteiger partial charge in [0.1, 0.15) is 0 Å². The monoisotopic (exact) mass is 151 g/mol. The van der Waals surface area contributed by atoms with E-state index in [4.69, 9.17) is 0 Å². The molecule has 0 radical (unpaired) electrons. The number of nitrogens with two attached hydrogens (primary N) is 2. The second-order valence-electron chi connectivity index (χ2n) is 0.854. The number of rotatable bonds is 0. The van der Waals surface area contributed by atoms with Crippen LogP contribution in [0.3, 0.4) is 0 Å². The Bertz CT molecular complexity index is 91.5. The number of hydrogen-bond acceptors (Lipinski definition) is 2. The minimum atomic E-state index is -0.938. The van der Waals surface area contributed by atoms with Gasteiger partial charge in [-0.3, -0.25) is 5.32 Å². The molecule has 0 fully saturated rings. The molecule has 0 aromatic carbocycles. The van der Waals surface area contributed by atoms with Gasteiger partial charge in [-0.25, -0.2) is 9.59 Å². The van der Waals surface area contributed by atoms with Gasteiger partial charge in [0, 0.05) is 21.7 Å². The van der Waals surface area contributed by atoms with Crippen LogP contribution in [-0.2, 0) is 21.7 Å². The fourth-order valence-electron chi connectivity index (χ4n) is 0.121. The third-order valence-corrected chi connectivity index (χ3v) is 0.246. The standard InChI is InChI=1S/C2H5N3O2.Ti/c3-1(6)5-2(4)7;/h(H5,3,4,5,6,7);. The average Bonchev–Trinajstić information content (AvgIpc) is 1.27. The Balaban J connectivity index is 0. The third-order valence-electron chi connectivity index (χ3n) is 0.246. The molecule has 0 bridgehead atoms. The topological polar surface area (TPSA) is 98.2 Å². The van der Waals surface area contributed by atoms with Gasteiger partial charge in [-0.05, 0) is 0 Å². The van der Waals surface area contributed by atoms with E-state index in [9.17, 15) is 9.59 Å². The molecule has 0 heterocycles. The van der Waals surface area contributed by atoms with E-state index in [0.717, 1.165) is 0 Å². The van der Waals surface area contributed by atoms with Crippen LogP contribution in [0.4, 0.5) is 9.59 Å². The van der Waals surface area contributed by atoms with Crippen LogP contribution in [0, 0.1) is 0 Å². The van der Waals surface area contributed by atoms with E-state index in [2.05, 4.69) is 11.5 Å². The molecule has 0 spiro atoms. The first-order chi connectivity index (χ1) is 3.13. The van der Waals surface area contributed by atoms with Crippen molar-refractivity contribution >= 4 is 12.1 Å². The smallest absolute Gasteiger partial charge is 0.320 e. The molecule has 0 aromatic heterocycles. The van der Waals surface area contributed by atoms with Gasteiger partial charge in [-0.15, -0.1) is 0 Å². The number of nitrogens with one attached hydrogen (secondary N) is 1. The Morgan fingerprint density at radius 2 is 1.38 bits per heavy atom. The fraction of sp³-hybridized carbons (Fsp3) is 0. The quantitative estimate of drug-likeness (QED) is 0.376. The van der Waals surface area contributed by atoms with Gasteiger partial charge in [0.25, 0.3) is 0 Å². The average molecular weight is 151 g/mol. The van der Waals surface area contributed by atoms with Gasteiger partial charge in [0.2, 0.25) is 0 Å². The number of primary amides is 2. The van der Waals surface area contributed by atoms with Crippen molar-refractivity contribution in [3.63, 3.8) is 0 Å². The summed E-state index contributed by atoms with van der Waals surface area (Å²) in [6.07, 6.45) is 0. The third kappa shape index (κ3) is 9.07. The minimum absolute atomic E-state index is 0. The van der Waals surface area contributed by atoms with Gasteiger partial charge >= 0.3 is 12.1 Å². The molecule has 0 aliphatic heterocycles. The fourth-order valence-corrected chi connectivity index (χ4v) is 0.121. The molecule has 5 N–H and O–H groups in total. The van der Waals surface area contributed by atoms with Gasteiger partial charge in [-0.1, -0.05) is 0 Å². The van der Waals surface area contributed by atoms with E-state index in [1.807, 2.05) is 0 Å². The molecule has 8 heavy (non-hydrogen) atoms. The molecule has 0 aliphatic carbocycles. The molecule has 0 aliphatic rings. The summed E-state index contributed by atoms with van der Waals surface area (Å²) in [7, 11) is 0. The number of amides is 4. The van der Waals surface area contributed by atoms with Crippen molar-refractivity contribution in [2.45, 2.75) is 0 Å². The summed E-state index contributed by atoms with van der Waals surface area (Å²) in [6.45, 7) is 0. The zero-order valence-electron chi connectivity index (χ0n) is 3.97. The molecular formula is C2H5N3O2Ti. The van der Waals surface area contributed by atoms with Crippen LogP contribution in [0.25, 0.3) is 0 Å². The minimum Gasteiger partial charge on any atom is -0.351 e. The van der Waals surface area contributed by atoms with Crippen molar-refractivity contribution in [1.29, 1.82) is 0 Å². The summed E-state index contributed by atoms with van der Waals surface area (Å²) < 4.78 is 0. The summed E-state index contributed by atoms with van der Waals surface area (Å²) in [5.74, 6) is 0. The largest absolute Gasteiger partial charge is 0.351 e. The number of urea groups is 2. The molecule has 0 saturated carbocycles. The Labute approximate surface area is 60.7 Å². The van der Waals surface area contributed by atoms with Crippen molar-refractivity contribution in [2.75, 3.05) is 0 Å². The van der Waals surface area contributed by atoms with E-state index < -0.39 is 12.1 Å². The van der Waals surface area contributed by atoms with Gasteiger partial charge in [0.15, 0.2) is 0 Å². The second-order valence-corrected chi connectivity index (χ2v) is 0.854. The van der Waals surface area contributed by atoms with Crippen molar-refractivity contribution in [1.82, 2.24) is 5.32 Å². The van der Waals surface area contributed by atoms with Gasteiger partial charge < -0.3 is 11.5 Å². The number of imide groups is 1. The van der Waals surface area contributed by atoms with Gasteiger partial charge in [0.05, 0.1) is 0 Å². The Morgan fingerprint density at radius 3 is 1.38 bits per heavy atom. The van der Waals surface area contributed by atoms with Crippen molar-refractivity contribution in [3.05, 3.63) is 0 Å². The van der Waals surface area contributed by atoms with E-state index in [-0.39, 0.29) is 21.7 Å².